The number of amides is 1. The monoisotopic (exact) mass is 414 g/mol. The normalized spacial score (nSPS) is 17.3. The molecule has 5 nitrogen and oxygen atoms in total. The van der Waals surface area contributed by atoms with Crippen LogP contribution in [-0.4, -0.2) is 39.6 Å². The van der Waals surface area contributed by atoms with E-state index in [9.17, 15) is 9.18 Å². The molecule has 0 N–H and O–H groups in total. The molecule has 0 radical (unpaired) electrons. The summed E-state index contributed by atoms with van der Waals surface area (Å²) in [6, 6.07) is 9.68. The van der Waals surface area contributed by atoms with Crippen LogP contribution in [0.15, 0.2) is 83.0 Å². The van der Waals surface area contributed by atoms with Gasteiger partial charge >= 0.3 is 0 Å². The van der Waals surface area contributed by atoms with E-state index in [1.807, 2.05) is 41.4 Å². The first-order valence-electron chi connectivity index (χ1n) is 10.7. The molecule has 2 aliphatic carbocycles. The summed E-state index contributed by atoms with van der Waals surface area (Å²) < 4.78 is 13.5. The van der Waals surface area contributed by atoms with Gasteiger partial charge in [-0.2, -0.15) is 0 Å². The third-order valence-electron chi connectivity index (χ3n) is 5.86. The van der Waals surface area contributed by atoms with Crippen LogP contribution in [0.1, 0.15) is 36.2 Å². The second-order valence-corrected chi connectivity index (χ2v) is 8.16. The van der Waals surface area contributed by atoms with Crippen molar-refractivity contribution in [3.05, 3.63) is 83.7 Å². The van der Waals surface area contributed by atoms with Crippen molar-refractivity contribution in [2.24, 2.45) is 10.9 Å². The van der Waals surface area contributed by atoms with Crippen LogP contribution >= 0.6 is 0 Å². The number of benzene rings is 1. The second-order valence-electron chi connectivity index (χ2n) is 8.16. The molecule has 0 unspecified atom stereocenters. The Morgan fingerprint density at radius 3 is 2.71 bits per heavy atom. The number of carbonyl (C=O) groups excluding carboxylic acids is 1. The minimum atomic E-state index is -0.168. The fourth-order valence-corrected chi connectivity index (χ4v) is 4.01. The smallest absolute Gasteiger partial charge is 0.274 e. The Hall–Kier alpha value is -3.41. The first-order valence-corrected chi connectivity index (χ1v) is 10.7. The molecule has 5 rings (SSSR count). The average molecular weight is 414 g/mol. The van der Waals surface area contributed by atoms with E-state index in [-0.39, 0.29) is 18.2 Å². The highest BCUT2D eigenvalue weighted by molar-refractivity contribution is 6.08. The van der Waals surface area contributed by atoms with Crippen molar-refractivity contribution >= 4 is 11.6 Å². The van der Waals surface area contributed by atoms with E-state index in [2.05, 4.69) is 15.0 Å². The van der Waals surface area contributed by atoms with Gasteiger partial charge in [-0.1, -0.05) is 36.4 Å². The van der Waals surface area contributed by atoms with Gasteiger partial charge in [0.2, 0.25) is 0 Å². The van der Waals surface area contributed by atoms with Gasteiger partial charge in [-0.05, 0) is 36.8 Å². The summed E-state index contributed by atoms with van der Waals surface area (Å²) in [4.78, 5) is 28.7. The number of allylic oxidation sites excluding steroid dienone is 4. The molecule has 1 amide bonds. The Morgan fingerprint density at radius 2 is 1.90 bits per heavy atom. The Bertz CT molecular complexity index is 1130. The molecule has 0 atom stereocenters. The SMILES string of the molecule is O=C(c1nccnc1-c1ccccc1)N(CCC1=CN=C2CC(F)=CC=C12)CC1CC1. The van der Waals surface area contributed by atoms with Crippen LogP contribution in [0.5, 0.6) is 0 Å². The number of hydrogen-bond acceptors (Lipinski definition) is 4. The van der Waals surface area contributed by atoms with Crippen LogP contribution in [0, 0.1) is 5.92 Å². The van der Waals surface area contributed by atoms with E-state index in [0.717, 1.165) is 41.8 Å². The standard InChI is InChI=1S/C25H23FN4O/c26-20-8-9-21-19(15-29-22(21)14-20)10-13-30(16-17-6-7-17)25(31)24-23(27-11-12-28-24)18-4-2-1-3-5-18/h1-5,8-9,11-12,15,17H,6-7,10,13-14,16H2. The van der Waals surface area contributed by atoms with Gasteiger partial charge in [0.15, 0.2) is 5.69 Å². The molecule has 1 saturated carbocycles. The van der Waals surface area contributed by atoms with E-state index < -0.39 is 0 Å². The minimum Gasteiger partial charge on any atom is -0.337 e. The molecular formula is C25H23FN4O. The third kappa shape index (κ3) is 4.24. The Balaban J connectivity index is 1.36. The lowest BCUT2D eigenvalue weighted by molar-refractivity contribution is 0.0744. The minimum absolute atomic E-state index is 0.0952. The number of fused-ring (bicyclic) bond motifs is 1. The molecule has 156 valence electrons. The average Bonchev–Trinajstić information content (AvgIpc) is 3.55. The zero-order valence-corrected chi connectivity index (χ0v) is 17.2. The highest BCUT2D eigenvalue weighted by Gasteiger charge is 2.30. The lowest BCUT2D eigenvalue weighted by Gasteiger charge is -2.24. The molecule has 2 heterocycles. The van der Waals surface area contributed by atoms with Crippen molar-refractivity contribution in [3.63, 3.8) is 0 Å². The summed E-state index contributed by atoms with van der Waals surface area (Å²) in [6.07, 6.45) is 11.5. The molecule has 3 aliphatic rings. The Labute approximate surface area is 180 Å². The predicted molar refractivity (Wildman–Crippen MR) is 118 cm³/mol. The van der Waals surface area contributed by atoms with Crippen molar-refractivity contribution in [2.45, 2.75) is 25.7 Å². The quantitative estimate of drug-likeness (QED) is 0.647. The largest absolute Gasteiger partial charge is 0.337 e. The Kier molecular flexibility index (Phi) is 5.28. The van der Waals surface area contributed by atoms with Crippen LogP contribution in [-0.2, 0) is 0 Å². The molecule has 31 heavy (non-hydrogen) atoms. The zero-order chi connectivity index (χ0) is 21.2. The first-order chi connectivity index (χ1) is 15.2. The number of hydrogen-bond donors (Lipinski definition) is 0. The number of aromatic nitrogens is 2. The molecular weight excluding hydrogens is 391 g/mol. The van der Waals surface area contributed by atoms with Crippen molar-refractivity contribution in [2.75, 3.05) is 13.1 Å². The van der Waals surface area contributed by atoms with Gasteiger partial charge in [-0.25, -0.2) is 9.37 Å². The van der Waals surface area contributed by atoms with Gasteiger partial charge in [-0.3, -0.25) is 14.8 Å². The molecule has 1 fully saturated rings. The summed E-state index contributed by atoms with van der Waals surface area (Å²) in [5, 5.41) is 0. The summed E-state index contributed by atoms with van der Waals surface area (Å²) in [7, 11) is 0. The lowest BCUT2D eigenvalue weighted by atomic mass is 9.95. The van der Waals surface area contributed by atoms with Crippen LogP contribution < -0.4 is 0 Å². The highest BCUT2D eigenvalue weighted by Crippen LogP contribution is 2.33. The molecule has 0 spiro atoms. The molecule has 0 saturated heterocycles. The van der Waals surface area contributed by atoms with E-state index >= 15 is 0 Å². The molecule has 1 aromatic carbocycles. The predicted octanol–water partition coefficient (Wildman–Crippen LogP) is 4.91. The van der Waals surface area contributed by atoms with Gasteiger partial charge in [0.25, 0.3) is 5.91 Å². The van der Waals surface area contributed by atoms with Gasteiger partial charge in [0, 0.05) is 49.2 Å². The number of aliphatic imine (C=N–C) groups is 1. The topological polar surface area (TPSA) is 58.5 Å². The van der Waals surface area contributed by atoms with Crippen LogP contribution in [0.3, 0.4) is 0 Å². The highest BCUT2D eigenvalue weighted by atomic mass is 19.1. The number of nitrogens with zero attached hydrogens (tertiary/aromatic N) is 4. The molecule has 0 bridgehead atoms. The molecule has 1 aliphatic heterocycles. The van der Waals surface area contributed by atoms with Gasteiger partial charge in [-0.15, -0.1) is 0 Å². The molecule has 6 heteroatoms. The first kappa shape index (κ1) is 19.5. The maximum atomic E-state index is 13.5. The number of rotatable bonds is 7. The molecule has 2 aromatic rings. The van der Waals surface area contributed by atoms with Crippen LogP contribution in [0.25, 0.3) is 11.3 Å². The lowest BCUT2D eigenvalue weighted by Crippen LogP contribution is -2.35. The van der Waals surface area contributed by atoms with E-state index in [4.69, 9.17) is 0 Å². The fourth-order valence-electron chi connectivity index (χ4n) is 4.01. The maximum Gasteiger partial charge on any atom is 0.274 e. The van der Waals surface area contributed by atoms with Crippen molar-refractivity contribution in [3.8, 4) is 11.3 Å². The zero-order valence-electron chi connectivity index (χ0n) is 17.2. The molecule has 1 aromatic heterocycles. The number of carbonyl (C=O) groups is 1. The van der Waals surface area contributed by atoms with Gasteiger partial charge < -0.3 is 4.90 Å². The van der Waals surface area contributed by atoms with Crippen LogP contribution in [0.4, 0.5) is 4.39 Å². The van der Waals surface area contributed by atoms with Gasteiger partial charge in [0.1, 0.15) is 11.5 Å². The van der Waals surface area contributed by atoms with Crippen molar-refractivity contribution in [1.82, 2.24) is 14.9 Å². The van der Waals surface area contributed by atoms with E-state index in [1.165, 1.54) is 6.08 Å². The van der Waals surface area contributed by atoms with Crippen molar-refractivity contribution in [1.29, 1.82) is 0 Å². The maximum absolute atomic E-state index is 13.5. The van der Waals surface area contributed by atoms with Crippen molar-refractivity contribution < 1.29 is 9.18 Å². The van der Waals surface area contributed by atoms with E-state index in [1.54, 1.807) is 18.5 Å². The summed E-state index contributed by atoms with van der Waals surface area (Å²) >= 11 is 0. The summed E-state index contributed by atoms with van der Waals surface area (Å²) in [5.74, 6) is 0.289. The van der Waals surface area contributed by atoms with Gasteiger partial charge in [0.05, 0.1) is 5.71 Å². The summed E-state index contributed by atoms with van der Waals surface area (Å²) in [6.45, 7) is 1.29. The third-order valence-corrected chi connectivity index (χ3v) is 5.86. The van der Waals surface area contributed by atoms with Crippen LogP contribution in [0.2, 0.25) is 0 Å². The second kappa shape index (κ2) is 8.38. The fraction of sp³-hybridized carbons (Fsp3) is 0.280. The number of halogens is 1. The Morgan fingerprint density at radius 1 is 1.10 bits per heavy atom. The van der Waals surface area contributed by atoms with E-state index in [0.29, 0.717) is 30.3 Å². The summed E-state index contributed by atoms with van der Waals surface area (Å²) in [5.41, 5.74) is 4.68.